The fourth-order valence-electron chi connectivity index (χ4n) is 3.49. The van der Waals surface area contributed by atoms with Crippen LogP contribution in [-0.4, -0.2) is 39.3 Å². The smallest absolute Gasteiger partial charge is 0.278 e. The van der Waals surface area contributed by atoms with Crippen molar-refractivity contribution in [2.75, 3.05) is 18.8 Å². The number of pyridine rings is 1. The van der Waals surface area contributed by atoms with E-state index in [0.717, 1.165) is 6.07 Å². The van der Waals surface area contributed by atoms with Crippen molar-refractivity contribution in [2.45, 2.75) is 17.1 Å². The number of nitrogen functional groups attached to an aromatic ring is 1. The molecule has 0 bridgehead atoms. The lowest BCUT2D eigenvalue weighted by Gasteiger charge is -2.41. The van der Waals surface area contributed by atoms with Crippen LogP contribution >= 0.6 is 12.6 Å². The molecule has 4 rings (SSSR count). The normalized spacial score (nSPS) is 20.8. The van der Waals surface area contributed by atoms with Crippen LogP contribution in [0, 0.1) is 5.82 Å². The summed E-state index contributed by atoms with van der Waals surface area (Å²) in [5, 5.41) is 20.5. The van der Waals surface area contributed by atoms with Gasteiger partial charge in [-0.3, -0.25) is 4.98 Å². The molecule has 0 radical (unpaired) electrons. The van der Waals surface area contributed by atoms with Gasteiger partial charge in [-0.05, 0) is 48.9 Å². The van der Waals surface area contributed by atoms with Gasteiger partial charge in [0.15, 0.2) is 17.4 Å². The van der Waals surface area contributed by atoms with Crippen molar-refractivity contribution < 1.29 is 18.3 Å². The number of phenolic OH excluding ortho intramolecular Hbond substituents is 1. The van der Waals surface area contributed by atoms with Crippen LogP contribution in [0.2, 0.25) is 0 Å². The molecule has 3 heterocycles. The second-order valence-electron chi connectivity index (χ2n) is 7.09. The third-order valence-electron chi connectivity index (χ3n) is 5.21. The molecular weight excluding hydrogens is 415 g/mol. The Morgan fingerprint density at radius 1 is 1.10 bits per heavy atom. The van der Waals surface area contributed by atoms with Gasteiger partial charge in [0, 0.05) is 17.3 Å². The zero-order valence-corrected chi connectivity index (χ0v) is 16.5. The van der Waals surface area contributed by atoms with Gasteiger partial charge in [-0.25, -0.2) is 13.2 Å². The molecule has 2 aromatic heterocycles. The van der Waals surface area contributed by atoms with Gasteiger partial charge in [0.2, 0.25) is 0 Å². The van der Waals surface area contributed by atoms with E-state index in [1.165, 1.54) is 36.5 Å². The predicted molar refractivity (Wildman–Crippen MR) is 110 cm³/mol. The topological polar surface area (TPSA) is 97.0 Å². The number of aromatic nitrogens is 3. The average Bonchev–Trinajstić information content (AvgIpc) is 2.73. The van der Waals surface area contributed by atoms with Crippen molar-refractivity contribution in [3.8, 4) is 28.3 Å². The van der Waals surface area contributed by atoms with Gasteiger partial charge < -0.3 is 16.2 Å². The summed E-state index contributed by atoms with van der Waals surface area (Å²) in [6.07, 6.45) is 1.53. The fraction of sp³-hybridized carbons (Fsp3) is 0.250. The summed E-state index contributed by atoms with van der Waals surface area (Å²) >= 11 is 4.36. The zero-order valence-electron chi connectivity index (χ0n) is 15.6. The molecular formula is C20H18F3N5OS. The zero-order chi connectivity index (χ0) is 21.5. The molecule has 1 saturated heterocycles. The van der Waals surface area contributed by atoms with E-state index < -0.39 is 28.8 Å². The van der Waals surface area contributed by atoms with Crippen molar-refractivity contribution in [2.24, 2.45) is 0 Å². The number of rotatable bonds is 3. The van der Waals surface area contributed by atoms with E-state index in [2.05, 4.69) is 33.1 Å². The van der Waals surface area contributed by atoms with Crippen LogP contribution in [0.1, 0.15) is 12.0 Å². The van der Waals surface area contributed by atoms with Crippen LogP contribution in [0.5, 0.6) is 5.75 Å². The molecule has 0 saturated carbocycles. The summed E-state index contributed by atoms with van der Waals surface area (Å²) in [6, 6.07) is 8.49. The number of halogens is 3. The first-order valence-corrected chi connectivity index (χ1v) is 9.56. The van der Waals surface area contributed by atoms with Gasteiger partial charge in [0.25, 0.3) is 5.92 Å². The number of nitrogens with two attached hydrogens (primary N) is 1. The van der Waals surface area contributed by atoms with Gasteiger partial charge in [-0.15, -0.1) is 10.2 Å². The number of nitrogens with one attached hydrogen (secondary N) is 1. The van der Waals surface area contributed by atoms with Crippen molar-refractivity contribution in [1.82, 2.24) is 20.5 Å². The molecule has 1 atom stereocenters. The third-order valence-corrected chi connectivity index (χ3v) is 6.02. The van der Waals surface area contributed by atoms with Crippen LogP contribution in [0.4, 0.5) is 19.0 Å². The van der Waals surface area contributed by atoms with Crippen molar-refractivity contribution in [3.63, 3.8) is 0 Å². The fourth-order valence-corrected chi connectivity index (χ4v) is 3.82. The first kappa shape index (κ1) is 20.4. The number of alkyl halides is 2. The van der Waals surface area contributed by atoms with Crippen LogP contribution in [-0.2, 0) is 4.75 Å². The number of piperidine rings is 1. The van der Waals surface area contributed by atoms with Gasteiger partial charge in [0.05, 0.1) is 17.9 Å². The summed E-state index contributed by atoms with van der Waals surface area (Å²) < 4.78 is 41.4. The Morgan fingerprint density at radius 3 is 2.67 bits per heavy atom. The first-order chi connectivity index (χ1) is 14.2. The lowest BCUT2D eigenvalue weighted by molar-refractivity contribution is -0.0561. The third kappa shape index (κ3) is 3.35. The number of anilines is 1. The summed E-state index contributed by atoms with van der Waals surface area (Å²) in [7, 11) is 0. The highest BCUT2D eigenvalue weighted by Crippen LogP contribution is 2.48. The van der Waals surface area contributed by atoms with E-state index >= 15 is 0 Å². The maximum atomic E-state index is 14.7. The van der Waals surface area contributed by atoms with E-state index in [1.54, 1.807) is 0 Å². The molecule has 1 aromatic carbocycles. The minimum Gasteiger partial charge on any atom is -0.504 e. The number of hydrogen-bond acceptors (Lipinski definition) is 7. The number of hydrogen-bond donors (Lipinski definition) is 4. The Balaban J connectivity index is 1.80. The molecule has 0 spiro atoms. The summed E-state index contributed by atoms with van der Waals surface area (Å²) in [4.78, 5) is 4.24. The average molecular weight is 433 g/mol. The predicted octanol–water partition coefficient (Wildman–Crippen LogP) is 3.39. The van der Waals surface area contributed by atoms with Crippen LogP contribution in [0.15, 0.2) is 42.6 Å². The van der Waals surface area contributed by atoms with Gasteiger partial charge in [0.1, 0.15) is 4.75 Å². The largest absolute Gasteiger partial charge is 0.504 e. The minimum absolute atomic E-state index is 0.0181. The van der Waals surface area contributed by atoms with E-state index in [1.807, 2.05) is 0 Å². The lowest BCUT2D eigenvalue weighted by Crippen LogP contribution is -2.54. The Bertz CT molecular complexity index is 1110. The molecule has 30 heavy (non-hydrogen) atoms. The first-order valence-electron chi connectivity index (χ1n) is 9.12. The van der Waals surface area contributed by atoms with E-state index in [0.29, 0.717) is 23.4 Å². The molecule has 0 unspecified atom stereocenters. The molecule has 3 aromatic rings. The van der Waals surface area contributed by atoms with Crippen LogP contribution < -0.4 is 11.1 Å². The highest BCUT2D eigenvalue weighted by Gasteiger charge is 2.53. The van der Waals surface area contributed by atoms with Crippen molar-refractivity contribution >= 4 is 18.4 Å². The number of thiol groups is 1. The quantitative estimate of drug-likeness (QED) is 0.473. The summed E-state index contributed by atoms with van der Waals surface area (Å²) in [5.74, 6) is -4.44. The standard InChI is InChI=1S/C20H18F3N5OS/c21-14-3-1-2-12(17(14)29)16-9-13(18(24)28-27-16)15-8-11(4-6-26-15)19(30)5-7-25-10-20(19,22)23/h1-4,6,8-9,25,29-30H,5,7,10H2,(H2,24,28)/t19-/m0/s1. The molecule has 4 N–H and O–H groups in total. The van der Waals surface area contributed by atoms with Gasteiger partial charge in [-0.1, -0.05) is 6.07 Å². The summed E-state index contributed by atoms with van der Waals surface area (Å²) in [6.45, 7) is -0.0746. The Morgan fingerprint density at radius 2 is 1.90 bits per heavy atom. The highest BCUT2D eigenvalue weighted by molar-refractivity contribution is 7.81. The molecule has 10 heteroatoms. The van der Waals surface area contributed by atoms with E-state index in [9.17, 15) is 18.3 Å². The number of phenols is 1. The Hall–Kier alpha value is -2.85. The second kappa shape index (κ2) is 7.44. The van der Waals surface area contributed by atoms with Crippen LogP contribution in [0.3, 0.4) is 0 Å². The minimum atomic E-state index is -3.08. The molecule has 1 aliphatic heterocycles. The Labute approximate surface area is 175 Å². The maximum Gasteiger partial charge on any atom is 0.278 e. The number of benzene rings is 1. The van der Waals surface area contributed by atoms with E-state index in [4.69, 9.17) is 5.73 Å². The van der Waals surface area contributed by atoms with Crippen molar-refractivity contribution in [3.05, 3.63) is 54.0 Å². The SMILES string of the molecule is Nc1nnc(-c2cccc(F)c2O)cc1-c1cc([C@@]2(S)CCNCC2(F)F)ccn1. The van der Waals surface area contributed by atoms with Crippen molar-refractivity contribution in [1.29, 1.82) is 0 Å². The number of para-hydroxylation sites is 1. The molecule has 6 nitrogen and oxygen atoms in total. The van der Waals surface area contributed by atoms with Crippen LogP contribution in [0.25, 0.3) is 22.5 Å². The molecule has 0 amide bonds. The van der Waals surface area contributed by atoms with E-state index in [-0.39, 0.29) is 23.5 Å². The monoisotopic (exact) mass is 433 g/mol. The molecule has 1 aliphatic rings. The van der Waals surface area contributed by atoms with Gasteiger partial charge in [-0.2, -0.15) is 12.6 Å². The summed E-state index contributed by atoms with van der Waals surface area (Å²) in [5.41, 5.74) is 7.15. The Kier molecular flexibility index (Phi) is 5.07. The lowest BCUT2D eigenvalue weighted by atomic mass is 9.85. The second-order valence-corrected chi connectivity index (χ2v) is 7.85. The molecule has 156 valence electrons. The molecule has 1 fully saturated rings. The number of nitrogens with zero attached hydrogens (tertiary/aromatic N) is 3. The van der Waals surface area contributed by atoms with Gasteiger partial charge >= 0.3 is 0 Å². The molecule has 0 aliphatic carbocycles. The number of aromatic hydroxyl groups is 1. The maximum absolute atomic E-state index is 14.7. The highest BCUT2D eigenvalue weighted by atomic mass is 32.1.